The summed E-state index contributed by atoms with van der Waals surface area (Å²) in [4.78, 5) is 27.2. The Morgan fingerprint density at radius 2 is 2.27 bits per heavy atom. The van der Waals surface area contributed by atoms with E-state index in [4.69, 9.17) is 11.6 Å². The topological polar surface area (TPSA) is 83.0 Å². The molecule has 154 valence electrons. The first-order valence-electron chi connectivity index (χ1n) is 9.94. The molecule has 1 aromatic carbocycles. The van der Waals surface area contributed by atoms with Crippen molar-refractivity contribution in [3.8, 4) is 0 Å². The van der Waals surface area contributed by atoms with Crippen LogP contribution in [0, 0.1) is 0 Å². The van der Waals surface area contributed by atoms with Crippen LogP contribution in [-0.4, -0.2) is 50.8 Å². The lowest BCUT2D eigenvalue weighted by Gasteiger charge is -2.28. The number of halogens is 1. The van der Waals surface area contributed by atoms with Gasteiger partial charge in [0.15, 0.2) is 0 Å². The molecule has 0 radical (unpaired) electrons. The largest absolute Gasteiger partial charge is 0.363 e. The number of aromatic nitrogens is 3. The number of hydrogen-bond donors (Lipinski definition) is 2. The van der Waals surface area contributed by atoms with E-state index in [1.807, 2.05) is 22.5 Å². The van der Waals surface area contributed by atoms with Gasteiger partial charge in [-0.05, 0) is 30.2 Å². The molecule has 0 fully saturated rings. The summed E-state index contributed by atoms with van der Waals surface area (Å²) in [7, 11) is 0. The Kier molecular flexibility index (Phi) is 5.26. The molecular formula is C21H21ClN6OS. The van der Waals surface area contributed by atoms with E-state index >= 15 is 0 Å². The van der Waals surface area contributed by atoms with Crippen molar-refractivity contribution in [1.29, 1.82) is 0 Å². The van der Waals surface area contributed by atoms with Gasteiger partial charge in [0.25, 0.3) is 0 Å². The first-order valence-corrected chi connectivity index (χ1v) is 11.4. The fourth-order valence-corrected chi connectivity index (χ4v) is 4.90. The summed E-state index contributed by atoms with van der Waals surface area (Å²) >= 11 is 7.32. The molecule has 0 spiro atoms. The highest BCUT2D eigenvalue weighted by Gasteiger charge is 2.29. The Hall–Kier alpha value is -2.71. The van der Waals surface area contributed by atoms with E-state index < -0.39 is 0 Å². The molecule has 9 heteroatoms. The molecule has 2 aliphatic rings. The number of thiazole rings is 1. The normalized spacial score (nSPS) is 18.1. The molecule has 2 N–H and O–H groups in total. The quantitative estimate of drug-likeness (QED) is 0.461. The molecule has 0 aliphatic carbocycles. The zero-order valence-electron chi connectivity index (χ0n) is 16.3. The monoisotopic (exact) mass is 440 g/mol. The van der Waals surface area contributed by atoms with E-state index in [1.165, 1.54) is 5.57 Å². The van der Waals surface area contributed by atoms with Crippen molar-refractivity contribution in [3.05, 3.63) is 47.2 Å². The van der Waals surface area contributed by atoms with Crippen molar-refractivity contribution in [2.75, 3.05) is 29.6 Å². The molecule has 3 aromatic rings. The van der Waals surface area contributed by atoms with Gasteiger partial charge in [-0.15, -0.1) is 22.9 Å². The molecule has 30 heavy (non-hydrogen) atoms. The summed E-state index contributed by atoms with van der Waals surface area (Å²) in [6.07, 6.45) is 5.83. The second-order valence-corrected chi connectivity index (χ2v) is 8.68. The lowest BCUT2D eigenvalue weighted by atomic mass is 9.97. The van der Waals surface area contributed by atoms with Crippen molar-refractivity contribution >= 4 is 56.4 Å². The van der Waals surface area contributed by atoms with Crippen LogP contribution in [-0.2, 0) is 11.2 Å². The van der Waals surface area contributed by atoms with Crippen LogP contribution in [0.3, 0.4) is 0 Å². The van der Waals surface area contributed by atoms with Gasteiger partial charge in [-0.3, -0.25) is 4.79 Å². The minimum absolute atomic E-state index is 0.123. The van der Waals surface area contributed by atoms with E-state index in [0.29, 0.717) is 18.8 Å². The van der Waals surface area contributed by atoms with Crippen molar-refractivity contribution < 1.29 is 4.79 Å². The van der Waals surface area contributed by atoms with Crippen molar-refractivity contribution in [2.45, 2.75) is 25.3 Å². The molecule has 1 amide bonds. The van der Waals surface area contributed by atoms with Crippen LogP contribution < -0.4 is 10.6 Å². The maximum atomic E-state index is 12.1. The van der Waals surface area contributed by atoms with Crippen LogP contribution >= 0.6 is 22.9 Å². The Balaban J connectivity index is 1.31. The standard InChI is InChI=1S/C21H21ClN6OS/c22-6-3-19(29)28-7-4-13(5-8-28)17-10-15-20(23-11-24-21(15)27-17)26-14-1-2-16-18(9-14)30-12-25-16/h1-2,4,9,11-12,17H,3,5-8,10H2,(H2,23,24,26,27). The van der Waals surface area contributed by atoms with Crippen molar-refractivity contribution in [3.63, 3.8) is 0 Å². The second kappa shape index (κ2) is 8.20. The summed E-state index contributed by atoms with van der Waals surface area (Å²) in [5, 5.41) is 6.98. The number of nitrogens with zero attached hydrogens (tertiary/aromatic N) is 4. The van der Waals surface area contributed by atoms with Gasteiger partial charge in [-0.25, -0.2) is 15.0 Å². The van der Waals surface area contributed by atoms with Gasteiger partial charge in [-0.1, -0.05) is 6.08 Å². The Labute approximate surface area is 183 Å². The van der Waals surface area contributed by atoms with Crippen LogP contribution in [0.15, 0.2) is 41.7 Å². The number of hydrogen-bond acceptors (Lipinski definition) is 7. The van der Waals surface area contributed by atoms with Gasteiger partial charge >= 0.3 is 0 Å². The first kappa shape index (κ1) is 19.3. The van der Waals surface area contributed by atoms with Crippen LogP contribution in [0.25, 0.3) is 10.2 Å². The third kappa shape index (κ3) is 3.73. The maximum absolute atomic E-state index is 12.1. The number of benzene rings is 1. The molecule has 1 atom stereocenters. The molecular weight excluding hydrogens is 420 g/mol. The van der Waals surface area contributed by atoms with E-state index in [-0.39, 0.29) is 11.9 Å². The molecule has 5 rings (SSSR count). The predicted octanol–water partition coefficient (Wildman–Crippen LogP) is 3.95. The van der Waals surface area contributed by atoms with Crippen LogP contribution in [0.5, 0.6) is 0 Å². The van der Waals surface area contributed by atoms with Crippen LogP contribution in [0.2, 0.25) is 0 Å². The number of fused-ring (bicyclic) bond motifs is 2. The number of amides is 1. The third-order valence-corrected chi connectivity index (χ3v) is 6.59. The summed E-state index contributed by atoms with van der Waals surface area (Å²) in [6.45, 7) is 1.38. The fraction of sp³-hybridized carbons (Fsp3) is 0.333. The summed E-state index contributed by atoms with van der Waals surface area (Å²) in [6, 6.07) is 6.32. The summed E-state index contributed by atoms with van der Waals surface area (Å²) in [5.41, 5.74) is 6.26. The number of anilines is 3. The second-order valence-electron chi connectivity index (χ2n) is 7.42. The minimum atomic E-state index is 0.123. The molecule has 0 bridgehead atoms. The molecule has 2 aliphatic heterocycles. The number of carbonyl (C=O) groups excluding carboxylic acids is 1. The predicted molar refractivity (Wildman–Crippen MR) is 121 cm³/mol. The van der Waals surface area contributed by atoms with Gasteiger partial charge in [0.1, 0.15) is 18.0 Å². The van der Waals surface area contributed by atoms with Crippen molar-refractivity contribution in [1.82, 2.24) is 19.9 Å². The molecule has 7 nitrogen and oxygen atoms in total. The van der Waals surface area contributed by atoms with E-state index in [1.54, 1.807) is 17.7 Å². The molecule has 2 aromatic heterocycles. The molecule has 0 saturated heterocycles. The van der Waals surface area contributed by atoms with Gasteiger partial charge < -0.3 is 15.5 Å². The zero-order valence-corrected chi connectivity index (χ0v) is 17.8. The molecule has 1 unspecified atom stereocenters. The number of alkyl halides is 1. The van der Waals surface area contributed by atoms with E-state index in [0.717, 1.165) is 52.5 Å². The SMILES string of the molecule is O=C(CCCl)N1CC=C(C2Cc3c(Nc4ccc5ncsc5c4)ncnc3N2)CC1. The fourth-order valence-electron chi connectivity index (χ4n) is 4.02. The van der Waals surface area contributed by atoms with E-state index in [9.17, 15) is 4.79 Å². The van der Waals surface area contributed by atoms with Crippen LogP contribution in [0.4, 0.5) is 17.3 Å². The lowest BCUT2D eigenvalue weighted by molar-refractivity contribution is -0.130. The Bertz CT molecular complexity index is 1130. The highest BCUT2D eigenvalue weighted by molar-refractivity contribution is 7.16. The average molecular weight is 441 g/mol. The minimum Gasteiger partial charge on any atom is -0.363 e. The smallest absolute Gasteiger partial charge is 0.224 e. The van der Waals surface area contributed by atoms with Gasteiger partial charge in [0.2, 0.25) is 5.91 Å². The van der Waals surface area contributed by atoms with Gasteiger partial charge in [0.05, 0.1) is 21.8 Å². The Morgan fingerprint density at radius 3 is 3.10 bits per heavy atom. The third-order valence-electron chi connectivity index (χ3n) is 5.61. The highest BCUT2D eigenvalue weighted by atomic mass is 35.5. The van der Waals surface area contributed by atoms with Gasteiger partial charge in [-0.2, -0.15) is 0 Å². The lowest BCUT2D eigenvalue weighted by Crippen LogP contribution is -2.37. The highest BCUT2D eigenvalue weighted by Crippen LogP contribution is 2.34. The number of rotatable bonds is 5. The number of nitrogens with one attached hydrogen (secondary N) is 2. The maximum Gasteiger partial charge on any atom is 0.224 e. The van der Waals surface area contributed by atoms with Crippen LogP contribution in [0.1, 0.15) is 18.4 Å². The molecule has 0 saturated carbocycles. The summed E-state index contributed by atoms with van der Waals surface area (Å²) in [5.74, 6) is 2.20. The Morgan fingerprint density at radius 1 is 1.33 bits per heavy atom. The van der Waals surface area contributed by atoms with Gasteiger partial charge in [0, 0.05) is 43.1 Å². The molecule has 4 heterocycles. The first-order chi connectivity index (χ1) is 14.7. The summed E-state index contributed by atoms with van der Waals surface area (Å²) < 4.78 is 1.14. The average Bonchev–Trinajstić information content (AvgIpc) is 3.41. The zero-order chi connectivity index (χ0) is 20.5. The van der Waals surface area contributed by atoms with E-state index in [2.05, 4.69) is 37.7 Å². The number of carbonyl (C=O) groups is 1. The van der Waals surface area contributed by atoms with Crippen molar-refractivity contribution in [2.24, 2.45) is 0 Å².